The average Bonchev–Trinajstić information content (AvgIpc) is 2.99. The number of nitrogens with one attached hydrogen (secondary N) is 2. The lowest BCUT2D eigenvalue weighted by molar-refractivity contribution is 0.923. The number of para-hydroxylation sites is 2. The van der Waals surface area contributed by atoms with Crippen LogP contribution < -0.4 is 11.0 Å². The van der Waals surface area contributed by atoms with Gasteiger partial charge in [0.25, 0.3) is 0 Å². The van der Waals surface area contributed by atoms with Gasteiger partial charge in [0.15, 0.2) is 0 Å². The molecule has 0 spiro atoms. The lowest BCUT2D eigenvalue weighted by atomic mass is 10.1. The summed E-state index contributed by atoms with van der Waals surface area (Å²) in [5.41, 5.74) is 5.78. The number of benzene rings is 3. The Morgan fingerprint density at radius 1 is 0.962 bits per heavy atom. The molecule has 0 radical (unpaired) electrons. The fourth-order valence-corrected chi connectivity index (χ4v) is 3.31. The van der Waals surface area contributed by atoms with E-state index in [2.05, 4.69) is 35.4 Å². The second-order valence-corrected chi connectivity index (χ2v) is 6.37. The molecule has 4 nitrogen and oxygen atoms in total. The Morgan fingerprint density at radius 3 is 2.54 bits per heavy atom. The van der Waals surface area contributed by atoms with Crippen LogP contribution in [0.1, 0.15) is 18.9 Å². The molecule has 0 atom stereocenters. The van der Waals surface area contributed by atoms with E-state index in [4.69, 9.17) is 0 Å². The number of hydrogen-bond acceptors (Lipinski definition) is 2. The normalized spacial score (nSPS) is 11.0. The van der Waals surface area contributed by atoms with Gasteiger partial charge in [-0.15, -0.1) is 0 Å². The lowest BCUT2D eigenvalue weighted by Crippen LogP contribution is -2.14. The minimum absolute atomic E-state index is 0.130. The minimum atomic E-state index is -0.130. The largest absolute Gasteiger partial charge is 0.355 e. The molecule has 0 saturated heterocycles. The van der Waals surface area contributed by atoms with Crippen LogP contribution in [0.15, 0.2) is 77.6 Å². The Balaban J connectivity index is 1.73. The number of H-pyrrole nitrogens is 1. The summed E-state index contributed by atoms with van der Waals surface area (Å²) in [6, 6.07) is 24.0. The predicted molar refractivity (Wildman–Crippen MR) is 108 cm³/mol. The van der Waals surface area contributed by atoms with Crippen LogP contribution in [0.2, 0.25) is 0 Å². The summed E-state index contributed by atoms with van der Waals surface area (Å²) < 4.78 is 1.70. The van der Waals surface area contributed by atoms with E-state index in [1.54, 1.807) is 4.57 Å². The maximum atomic E-state index is 12.4. The Bertz CT molecular complexity index is 1090. The zero-order valence-electron chi connectivity index (χ0n) is 14.7. The molecule has 1 aromatic heterocycles. The van der Waals surface area contributed by atoms with Gasteiger partial charge in [-0.2, -0.15) is 0 Å². The highest BCUT2D eigenvalue weighted by atomic mass is 16.1. The first-order valence-corrected chi connectivity index (χ1v) is 8.91. The highest BCUT2D eigenvalue weighted by Gasteiger charge is 2.09. The van der Waals surface area contributed by atoms with Gasteiger partial charge in [0.2, 0.25) is 0 Å². The van der Waals surface area contributed by atoms with Crippen molar-refractivity contribution in [3.05, 3.63) is 88.8 Å². The SMILES string of the molecule is CCCc1ccccc1Nc1ccc2c(c1)[nH]c(=O)n2-c1ccccc1. The number of fused-ring (bicyclic) bond motifs is 1. The number of rotatable bonds is 5. The molecule has 0 bridgehead atoms. The van der Waals surface area contributed by atoms with Crippen molar-refractivity contribution < 1.29 is 0 Å². The van der Waals surface area contributed by atoms with E-state index in [0.29, 0.717) is 0 Å². The van der Waals surface area contributed by atoms with Crippen molar-refractivity contribution >= 4 is 22.4 Å². The zero-order chi connectivity index (χ0) is 17.9. The van der Waals surface area contributed by atoms with Gasteiger partial charge in [-0.1, -0.05) is 49.7 Å². The molecule has 4 rings (SSSR count). The highest BCUT2D eigenvalue weighted by molar-refractivity contribution is 5.82. The Hall–Kier alpha value is -3.27. The number of aryl methyl sites for hydroxylation is 1. The fourth-order valence-electron chi connectivity index (χ4n) is 3.31. The monoisotopic (exact) mass is 343 g/mol. The maximum Gasteiger partial charge on any atom is 0.331 e. The molecule has 4 aromatic rings. The lowest BCUT2D eigenvalue weighted by Gasteiger charge is -2.12. The van der Waals surface area contributed by atoms with E-state index in [1.165, 1.54) is 5.56 Å². The summed E-state index contributed by atoms with van der Waals surface area (Å²) in [7, 11) is 0. The number of anilines is 2. The molecule has 2 N–H and O–H groups in total. The minimum Gasteiger partial charge on any atom is -0.355 e. The van der Waals surface area contributed by atoms with Gasteiger partial charge >= 0.3 is 5.69 Å². The molecule has 4 heteroatoms. The van der Waals surface area contributed by atoms with Gasteiger partial charge < -0.3 is 10.3 Å². The van der Waals surface area contributed by atoms with Gasteiger partial charge in [-0.25, -0.2) is 4.79 Å². The Morgan fingerprint density at radius 2 is 1.73 bits per heavy atom. The summed E-state index contributed by atoms with van der Waals surface area (Å²) in [5, 5.41) is 3.49. The van der Waals surface area contributed by atoms with E-state index in [1.807, 2.05) is 54.6 Å². The number of hydrogen-bond donors (Lipinski definition) is 2. The van der Waals surface area contributed by atoms with Crippen molar-refractivity contribution in [2.24, 2.45) is 0 Å². The molecule has 26 heavy (non-hydrogen) atoms. The Labute approximate surface area is 152 Å². The summed E-state index contributed by atoms with van der Waals surface area (Å²) in [4.78, 5) is 15.4. The average molecular weight is 343 g/mol. The van der Waals surface area contributed by atoms with Crippen molar-refractivity contribution in [3.63, 3.8) is 0 Å². The van der Waals surface area contributed by atoms with Gasteiger partial charge in [-0.05, 0) is 48.4 Å². The zero-order valence-corrected chi connectivity index (χ0v) is 14.7. The third-order valence-corrected chi connectivity index (χ3v) is 4.51. The second-order valence-electron chi connectivity index (χ2n) is 6.37. The molecule has 1 heterocycles. The highest BCUT2D eigenvalue weighted by Crippen LogP contribution is 2.25. The third kappa shape index (κ3) is 3.02. The molecule has 0 amide bonds. The summed E-state index contributed by atoms with van der Waals surface area (Å²) >= 11 is 0. The van der Waals surface area contributed by atoms with Gasteiger partial charge in [0.1, 0.15) is 0 Å². The van der Waals surface area contributed by atoms with Crippen LogP contribution in [0.5, 0.6) is 0 Å². The van der Waals surface area contributed by atoms with Crippen LogP contribution in [0, 0.1) is 0 Å². The van der Waals surface area contributed by atoms with Gasteiger partial charge in [0.05, 0.1) is 16.7 Å². The first-order chi connectivity index (χ1) is 12.8. The van der Waals surface area contributed by atoms with E-state index < -0.39 is 0 Å². The van der Waals surface area contributed by atoms with Crippen molar-refractivity contribution in [2.45, 2.75) is 19.8 Å². The number of aromatic nitrogens is 2. The maximum absolute atomic E-state index is 12.4. The molecular weight excluding hydrogens is 322 g/mol. The smallest absolute Gasteiger partial charge is 0.331 e. The third-order valence-electron chi connectivity index (χ3n) is 4.51. The van der Waals surface area contributed by atoms with E-state index in [0.717, 1.165) is 40.9 Å². The first kappa shape index (κ1) is 16.2. The van der Waals surface area contributed by atoms with Gasteiger partial charge in [0, 0.05) is 11.4 Å². The van der Waals surface area contributed by atoms with Crippen LogP contribution in [0.4, 0.5) is 11.4 Å². The predicted octanol–water partition coefficient (Wildman–Crippen LogP) is 5.01. The second kappa shape index (κ2) is 6.92. The molecule has 0 aliphatic heterocycles. The van der Waals surface area contributed by atoms with Crippen LogP contribution >= 0.6 is 0 Å². The van der Waals surface area contributed by atoms with Crippen LogP contribution in [0.25, 0.3) is 16.7 Å². The molecule has 0 aliphatic carbocycles. The quantitative estimate of drug-likeness (QED) is 0.535. The van der Waals surface area contributed by atoms with Crippen molar-refractivity contribution in [2.75, 3.05) is 5.32 Å². The molecule has 0 saturated carbocycles. The topological polar surface area (TPSA) is 49.8 Å². The van der Waals surface area contributed by atoms with E-state index in [9.17, 15) is 4.79 Å². The number of nitrogens with zero attached hydrogens (tertiary/aromatic N) is 1. The molecule has 0 aliphatic rings. The molecule has 0 fully saturated rings. The molecule has 130 valence electrons. The number of imidazole rings is 1. The summed E-state index contributed by atoms with van der Waals surface area (Å²) in [6.07, 6.45) is 2.14. The van der Waals surface area contributed by atoms with Gasteiger partial charge in [-0.3, -0.25) is 4.57 Å². The Kier molecular flexibility index (Phi) is 4.32. The van der Waals surface area contributed by atoms with E-state index >= 15 is 0 Å². The fraction of sp³-hybridized carbons (Fsp3) is 0.136. The van der Waals surface area contributed by atoms with Crippen LogP contribution in [-0.2, 0) is 6.42 Å². The van der Waals surface area contributed by atoms with Crippen molar-refractivity contribution in [3.8, 4) is 5.69 Å². The molecule has 0 unspecified atom stereocenters. The summed E-state index contributed by atoms with van der Waals surface area (Å²) in [6.45, 7) is 2.18. The number of aromatic amines is 1. The standard InChI is InChI=1S/C22H21N3O/c1-2-8-16-9-6-7-12-19(16)23-17-13-14-21-20(15-17)24-22(26)25(21)18-10-4-3-5-11-18/h3-7,9-15,23H,2,8H2,1H3,(H,24,26). The van der Waals surface area contributed by atoms with Crippen molar-refractivity contribution in [1.29, 1.82) is 0 Å². The molecule has 3 aromatic carbocycles. The van der Waals surface area contributed by atoms with Crippen molar-refractivity contribution in [1.82, 2.24) is 9.55 Å². The summed E-state index contributed by atoms with van der Waals surface area (Å²) in [5.74, 6) is 0. The van der Waals surface area contributed by atoms with Crippen LogP contribution in [-0.4, -0.2) is 9.55 Å². The first-order valence-electron chi connectivity index (χ1n) is 8.91. The van der Waals surface area contributed by atoms with E-state index in [-0.39, 0.29) is 5.69 Å². The molecular formula is C22H21N3O. The van der Waals surface area contributed by atoms with Crippen LogP contribution in [0.3, 0.4) is 0 Å².